The van der Waals surface area contributed by atoms with Crippen LogP contribution in [0.25, 0.3) is 5.69 Å². The number of aryl methyl sites for hydroxylation is 1. The summed E-state index contributed by atoms with van der Waals surface area (Å²) in [5, 5.41) is 7.29. The van der Waals surface area contributed by atoms with Gasteiger partial charge >= 0.3 is 0 Å². The van der Waals surface area contributed by atoms with E-state index in [2.05, 4.69) is 10.4 Å². The molecule has 1 aliphatic rings. The third-order valence-corrected chi connectivity index (χ3v) is 4.41. The van der Waals surface area contributed by atoms with Gasteiger partial charge in [0.2, 0.25) is 5.91 Å². The SMILES string of the molecule is O=C(CCc1cnn(-c2ccccc2)c1)NCCCOCC1CCCO1. The maximum atomic E-state index is 11.9. The van der Waals surface area contributed by atoms with E-state index in [-0.39, 0.29) is 12.0 Å². The van der Waals surface area contributed by atoms with E-state index in [9.17, 15) is 4.79 Å². The number of carbonyl (C=O) groups excluding carboxylic acids is 1. The van der Waals surface area contributed by atoms with Gasteiger partial charge in [0.25, 0.3) is 0 Å². The summed E-state index contributed by atoms with van der Waals surface area (Å²) in [5.74, 6) is 0.0663. The topological polar surface area (TPSA) is 65.4 Å². The molecule has 1 atom stereocenters. The molecule has 1 aromatic heterocycles. The maximum absolute atomic E-state index is 11.9. The number of nitrogens with zero attached hydrogens (tertiary/aromatic N) is 2. The first-order chi connectivity index (χ1) is 12.8. The Morgan fingerprint density at radius 3 is 3.04 bits per heavy atom. The molecule has 2 heterocycles. The molecule has 1 N–H and O–H groups in total. The Morgan fingerprint density at radius 2 is 2.23 bits per heavy atom. The largest absolute Gasteiger partial charge is 0.379 e. The van der Waals surface area contributed by atoms with Crippen LogP contribution in [0.15, 0.2) is 42.7 Å². The molecule has 1 aromatic carbocycles. The zero-order valence-corrected chi connectivity index (χ0v) is 15.1. The molecule has 1 fully saturated rings. The molecule has 1 unspecified atom stereocenters. The van der Waals surface area contributed by atoms with E-state index in [4.69, 9.17) is 9.47 Å². The van der Waals surface area contributed by atoms with Crippen molar-refractivity contribution in [2.24, 2.45) is 0 Å². The molecule has 26 heavy (non-hydrogen) atoms. The van der Waals surface area contributed by atoms with Gasteiger partial charge in [-0.1, -0.05) is 18.2 Å². The van der Waals surface area contributed by atoms with Crippen molar-refractivity contribution in [1.82, 2.24) is 15.1 Å². The minimum atomic E-state index is 0.0663. The first kappa shape index (κ1) is 18.6. The van der Waals surface area contributed by atoms with Gasteiger partial charge in [-0.05, 0) is 43.4 Å². The van der Waals surface area contributed by atoms with Gasteiger partial charge in [0.1, 0.15) is 0 Å². The van der Waals surface area contributed by atoms with E-state index < -0.39 is 0 Å². The molecule has 6 heteroatoms. The zero-order chi connectivity index (χ0) is 18.0. The van der Waals surface area contributed by atoms with Gasteiger partial charge in [0, 0.05) is 32.4 Å². The van der Waals surface area contributed by atoms with Crippen LogP contribution in [-0.2, 0) is 20.7 Å². The van der Waals surface area contributed by atoms with Crippen molar-refractivity contribution in [1.29, 1.82) is 0 Å². The number of hydrogen-bond acceptors (Lipinski definition) is 4. The molecule has 0 aliphatic carbocycles. The van der Waals surface area contributed by atoms with Gasteiger partial charge in [-0.3, -0.25) is 4.79 Å². The maximum Gasteiger partial charge on any atom is 0.220 e. The van der Waals surface area contributed by atoms with Crippen molar-refractivity contribution in [3.8, 4) is 5.69 Å². The average molecular weight is 357 g/mol. The molecule has 1 aliphatic heterocycles. The second kappa shape index (κ2) is 10.1. The quantitative estimate of drug-likeness (QED) is 0.664. The van der Waals surface area contributed by atoms with Crippen LogP contribution in [0, 0.1) is 0 Å². The highest BCUT2D eigenvalue weighted by molar-refractivity contribution is 5.76. The standard InChI is InChI=1S/C20H27N3O3/c24-20(21-11-5-12-25-16-19-8-4-13-26-19)10-9-17-14-22-23(15-17)18-6-2-1-3-7-18/h1-3,6-7,14-15,19H,4-5,8-13,16H2,(H,21,24). The van der Waals surface area contributed by atoms with Crippen LogP contribution in [0.2, 0.25) is 0 Å². The molecule has 2 aromatic rings. The molecule has 3 rings (SSSR count). The fraction of sp³-hybridized carbons (Fsp3) is 0.500. The lowest BCUT2D eigenvalue weighted by atomic mass is 10.2. The van der Waals surface area contributed by atoms with Gasteiger partial charge in [-0.2, -0.15) is 5.10 Å². The normalized spacial score (nSPS) is 16.7. The van der Waals surface area contributed by atoms with E-state index in [1.807, 2.05) is 47.4 Å². The van der Waals surface area contributed by atoms with E-state index in [0.29, 0.717) is 32.6 Å². The highest BCUT2D eigenvalue weighted by Crippen LogP contribution is 2.12. The lowest BCUT2D eigenvalue weighted by Crippen LogP contribution is -2.25. The lowest BCUT2D eigenvalue weighted by molar-refractivity contribution is -0.121. The van der Waals surface area contributed by atoms with E-state index >= 15 is 0 Å². The Bertz CT molecular complexity index is 666. The molecule has 0 bridgehead atoms. The highest BCUT2D eigenvalue weighted by atomic mass is 16.5. The summed E-state index contributed by atoms with van der Waals surface area (Å²) in [6, 6.07) is 9.95. The van der Waals surface area contributed by atoms with Crippen LogP contribution >= 0.6 is 0 Å². The molecular formula is C20H27N3O3. The van der Waals surface area contributed by atoms with Crippen molar-refractivity contribution < 1.29 is 14.3 Å². The molecule has 1 saturated heterocycles. The summed E-state index contributed by atoms with van der Waals surface area (Å²) in [5.41, 5.74) is 2.08. The van der Waals surface area contributed by atoms with E-state index in [1.54, 1.807) is 0 Å². The van der Waals surface area contributed by atoms with E-state index in [0.717, 1.165) is 37.1 Å². The monoisotopic (exact) mass is 357 g/mol. The van der Waals surface area contributed by atoms with Crippen molar-refractivity contribution in [3.63, 3.8) is 0 Å². The molecular weight excluding hydrogens is 330 g/mol. The summed E-state index contributed by atoms with van der Waals surface area (Å²) in [6.45, 7) is 2.82. The predicted octanol–water partition coefficient (Wildman–Crippen LogP) is 2.51. The number of para-hydroxylation sites is 1. The Balaban J connectivity index is 1.26. The zero-order valence-electron chi connectivity index (χ0n) is 15.1. The number of ether oxygens (including phenoxy) is 2. The second-order valence-corrected chi connectivity index (χ2v) is 6.54. The molecule has 0 spiro atoms. The lowest BCUT2D eigenvalue weighted by Gasteiger charge is -2.10. The Morgan fingerprint density at radius 1 is 1.35 bits per heavy atom. The number of aromatic nitrogens is 2. The van der Waals surface area contributed by atoms with Crippen LogP contribution in [0.1, 0.15) is 31.2 Å². The molecule has 140 valence electrons. The van der Waals surface area contributed by atoms with Gasteiger partial charge in [0.15, 0.2) is 0 Å². The average Bonchev–Trinajstić information content (AvgIpc) is 3.35. The summed E-state index contributed by atoms with van der Waals surface area (Å²) in [4.78, 5) is 11.9. The van der Waals surface area contributed by atoms with Crippen molar-refractivity contribution >= 4 is 5.91 Å². The first-order valence-electron chi connectivity index (χ1n) is 9.36. The van der Waals surface area contributed by atoms with Crippen LogP contribution in [-0.4, -0.2) is 48.2 Å². The van der Waals surface area contributed by atoms with E-state index in [1.165, 1.54) is 0 Å². The Labute approximate surface area is 154 Å². The van der Waals surface area contributed by atoms with Crippen LogP contribution in [0.4, 0.5) is 0 Å². The number of nitrogens with one attached hydrogen (secondary N) is 1. The summed E-state index contributed by atoms with van der Waals surface area (Å²) in [6.07, 6.45) is 8.27. The molecule has 1 amide bonds. The summed E-state index contributed by atoms with van der Waals surface area (Å²) >= 11 is 0. The van der Waals surface area contributed by atoms with Gasteiger partial charge in [-0.15, -0.1) is 0 Å². The third-order valence-electron chi connectivity index (χ3n) is 4.41. The van der Waals surface area contributed by atoms with Crippen LogP contribution in [0.3, 0.4) is 0 Å². The van der Waals surface area contributed by atoms with Gasteiger partial charge in [0.05, 0.1) is 24.6 Å². The van der Waals surface area contributed by atoms with Crippen molar-refractivity contribution in [2.45, 2.75) is 38.2 Å². The van der Waals surface area contributed by atoms with Crippen LogP contribution in [0.5, 0.6) is 0 Å². The fourth-order valence-electron chi connectivity index (χ4n) is 2.95. The minimum Gasteiger partial charge on any atom is -0.379 e. The van der Waals surface area contributed by atoms with Gasteiger partial charge in [-0.25, -0.2) is 4.68 Å². The van der Waals surface area contributed by atoms with Crippen molar-refractivity contribution in [3.05, 3.63) is 48.3 Å². The summed E-state index contributed by atoms with van der Waals surface area (Å²) in [7, 11) is 0. The highest BCUT2D eigenvalue weighted by Gasteiger charge is 2.14. The number of hydrogen-bond donors (Lipinski definition) is 1. The second-order valence-electron chi connectivity index (χ2n) is 6.54. The number of rotatable bonds is 10. The predicted molar refractivity (Wildman–Crippen MR) is 99.3 cm³/mol. The number of amides is 1. The Hall–Kier alpha value is -2.18. The summed E-state index contributed by atoms with van der Waals surface area (Å²) < 4.78 is 12.9. The smallest absolute Gasteiger partial charge is 0.220 e. The first-order valence-corrected chi connectivity index (χ1v) is 9.36. The fourth-order valence-corrected chi connectivity index (χ4v) is 2.95. The Kier molecular flexibility index (Phi) is 7.22. The van der Waals surface area contributed by atoms with Crippen molar-refractivity contribution in [2.75, 3.05) is 26.4 Å². The van der Waals surface area contributed by atoms with Crippen LogP contribution < -0.4 is 5.32 Å². The molecule has 0 radical (unpaired) electrons. The minimum absolute atomic E-state index is 0.0663. The molecule has 6 nitrogen and oxygen atoms in total. The number of benzene rings is 1. The third kappa shape index (κ3) is 5.97. The molecule has 0 saturated carbocycles. The van der Waals surface area contributed by atoms with Gasteiger partial charge < -0.3 is 14.8 Å². The number of carbonyl (C=O) groups is 1.